The summed E-state index contributed by atoms with van der Waals surface area (Å²) in [6.45, 7) is 2.04. The van der Waals surface area contributed by atoms with Crippen molar-refractivity contribution in [1.82, 2.24) is 25.1 Å². The third-order valence-corrected chi connectivity index (χ3v) is 7.96. The van der Waals surface area contributed by atoms with Crippen LogP contribution in [0.15, 0.2) is 63.1 Å². The number of hydrogen-bond acceptors (Lipinski definition) is 13. The molecule has 0 atom stereocenters. The van der Waals surface area contributed by atoms with E-state index < -0.39 is 0 Å². The van der Waals surface area contributed by atoms with Crippen LogP contribution < -0.4 is 26.1 Å². The number of nitrogen functional groups attached to an aromatic ring is 1. The van der Waals surface area contributed by atoms with E-state index in [2.05, 4.69) is 48.4 Å². The Morgan fingerprint density at radius 2 is 1.95 bits per heavy atom. The van der Waals surface area contributed by atoms with Crippen molar-refractivity contribution in [3.63, 3.8) is 0 Å². The number of amides is 1. The molecular weight excluding hydrogens is 535 g/mol. The molecule has 4 N–H and O–H groups in total. The van der Waals surface area contributed by atoms with E-state index >= 15 is 0 Å². The highest BCUT2D eigenvalue weighted by molar-refractivity contribution is 8.00. The maximum Gasteiger partial charge on any atom is 0.264 e. The highest BCUT2D eigenvalue weighted by Crippen LogP contribution is 2.32. The van der Waals surface area contributed by atoms with Crippen molar-refractivity contribution in [2.24, 2.45) is 5.10 Å². The number of thioether (sulfide) groups is 2. The van der Waals surface area contributed by atoms with E-state index in [1.165, 1.54) is 21.6 Å². The number of anilines is 2. The van der Waals surface area contributed by atoms with Gasteiger partial charge in [0.05, 0.1) is 11.5 Å². The Bertz CT molecular complexity index is 1430. The van der Waals surface area contributed by atoms with Crippen LogP contribution in [0.1, 0.15) is 18.1 Å². The molecule has 12 nitrogen and oxygen atoms in total. The minimum absolute atomic E-state index is 0.0703. The summed E-state index contributed by atoms with van der Waals surface area (Å²) >= 11 is 4.03. The third-order valence-electron chi connectivity index (χ3n) is 4.97. The molecule has 0 bridgehead atoms. The average Bonchev–Trinajstić information content (AvgIpc) is 3.65. The second-order valence-corrected chi connectivity index (χ2v) is 10.7. The summed E-state index contributed by atoms with van der Waals surface area (Å²) in [4.78, 5) is 12.4. The number of hydrazone groups is 1. The molecule has 0 saturated carbocycles. The molecule has 2 aromatic carbocycles. The van der Waals surface area contributed by atoms with Crippen molar-refractivity contribution >= 4 is 57.6 Å². The Labute approximate surface area is 224 Å². The van der Waals surface area contributed by atoms with E-state index in [1.54, 1.807) is 11.8 Å². The highest BCUT2D eigenvalue weighted by Gasteiger charge is 2.16. The number of nitrogens with zero attached hydrogens (tertiary/aromatic N) is 6. The second-order valence-electron chi connectivity index (χ2n) is 7.54. The molecule has 1 aliphatic rings. The summed E-state index contributed by atoms with van der Waals surface area (Å²) in [5.41, 5.74) is 5.53. The molecule has 1 amide bonds. The summed E-state index contributed by atoms with van der Waals surface area (Å²) in [5.74, 6) is 8.27. The van der Waals surface area contributed by atoms with Gasteiger partial charge in [-0.15, -0.1) is 20.4 Å². The Hall–Kier alpha value is -3.82. The zero-order valence-electron chi connectivity index (χ0n) is 19.5. The van der Waals surface area contributed by atoms with E-state index in [-0.39, 0.29) is 24.4 Å². The quantitative estimate of drug-likeness (QED) is 0.0866. The number of aromatic nitrogens is 5. The van der Waals surface area contributed by atoms with Crippen LogP contribution in [0.25, 0.3) is 0 Å². The lowest BCUT2D eigenvalue weighted by Gasteiger charge is -2.05. The van der Waals surface area contributed by atoms with Gasteiger partial charge in [-0.2, -0.15) is 5.10 Å². The van der Waals surface area contributed by atoms with Gasteiger partial charge in [0.1, 0.15) is 0 Å². The van der Waals surface area contributed by atoms with Crippen LogP contribution in [0.2, 0.25) is 0 Å². The number of rotatable bonds is 10. The standard InChI is InChI=1S/C22H21N9O3S3/c1-13(15-7-8-16-17(9-15)34-12-33-16)25-26-19-27-29-21(31(19)23)35-11-18(32)24-20-28-30-22(37-20)36-10-14-5-3-2-4-6-14/h2-9H,10-12,23H2,1H3,(H,26,27)(H,24,28,32)/b25-13+. The Balaban J connectivity index is 1.10. The first kappa shape index (κ1) is 24.9. The number of carbonyl (C=O) groups is 1. The van der Waals surface area contributed by atoms with Crippen LogP contribution in [-0.2, 0) is 10.5 Å². The van der Waals surface area contributed by atoms with Gasteiger partial charge < -0.3 is 15.3 Å². The summed E-state index contributed by atoms with van der Waals surface area (Å²) in [7, 11) is 0. The molecule has 37 heavy (non-hydrogen) atoms. The molecule has 5 rings (SSSR count). The zero-order chi connectivity index (χ0) is 25.6. The van der Waals surface area contributed by atoms with Gasteiger partial charge in [-0.3, -0.25) is 10.1 Å². The molecule has 0 radical (unpaired) electrons. The SMILES string of the molecule is C/C(=N\Nc1nnc(SCC(=O)Nc2nnc(SCc3ccccc3)s2)n1N)c1ccc2c(c1)OCO2. The summed E-state index contributed by atoms with van der Waals surface area (Å²) in [5, 5.41) is 24.0. The zero-order valence-corrected chi connectivity index (χ0v) is 21.9. The Kier molecular flexibility index (Phi) is 7.72. The predicted octanol–water partition coefficient (Wildman–Crippen LogP) is 3.43. The lowest BCUT2D eigenvalue weighted by molar-refractivity contribution is -0.113. The number of fused-ring (bicyclic) bond motifs is 1. The van der Waals surface area contributed by atoms with Gasteiger partial charge in [0.15, 0.2) is 15.8 Å². The number of carbonyl (C=O) groups excluding carboxylic acids is 1. The average molecular weight is 556 g/mol. The van der Waals surface area contributed by atoms with Crippen LogP contribution in [0.4, 0.5) is 11.1 Å². The van der Waals surface area contributed by atoms with E-state index in [1.807, 2.05) is 43.3 Å². The van der Waals surface area contributed by atoms with E-state index in [0.29, 0.717) is 27.5 Å². The maximum absolute atomic E-state index is 12.4. The van der Waals surface area contributed by atoms with E-state index in [9.17, 15) is 4.79 Å². The number of nitrogens with one attached hydrogen (secondary N) is 2. The summed E-state index contributed by atoms with van der Waals surface area (Å²) < 4.78 is 12.7. The van der Waals surface area contributed by atoms with Crippen LogP contribution in [0.3, 0.4) is 0 Å². The van der Waals surface area contributed by atoms with Crippen molar-refractivity contribution in [3.8, 4) is 11.5 Å². The van der Waals surface area contributed by atoms with Gasteiger partial charge in [0, 0.05) is 11.3 Å². The van der Waals surface area contributed by atoms with Crippen LogP contribution in [-0.4, -0.2) is 49.2 Å². The van der Waals surface area contributed by atoms with Gasteiger partial charge in [-0.25, -0.2) is 10.1 Å². The number of ether oxygens (including phenoxy) is 2. The molecule has 190 valence electrons. The smallest absolute Gasteiger partial charge is 0.264 e. The van der Waals surface area contributed by atoms with Gasteiger partial charge in [-0.1, -0.05) is 65.2 Å². The molecule has 3 heterocycles. The fraction of sp³-hybridized carbons (Fsp3) is 0.182. The second kappa shape index (κ2) is 11.5. The maximum atomic E-state index is 12.4. The van der Waals surface area contributed by atoms with E-state index in [4.69, 9.17) is 15.3 Å². The number of benzene rings is 2. The van der Waals surface area contributed by atoms with Crippen LogP contribution >= 0.6 is 34.9 Å². The first-order valence-corrected chi connectivity index (χ1v) is 13.7. The first-order valence-electron chi connectivity index (χ1n) is 10.9. The molecular formula is C22H21N9O3S3. The molecule has 0 saturated heterocycles. The van der Waals surface area contributed by atoms with Crippen LogP contribution in [0, 0.1) is 0 Å². The minimum atomic E-state index is -0.255. The molecule has 1 aliphatic heterocycles. The van der Waals surface area contributed by atoms with Crippen molar-refractivity contribution < 1.29 is 14.3 Å². The summed E-state index contributed by atoms with van der Waals surface area (Å²) in [6, 6.07) is 15.6. The molecule has 0 unspecified atom stereocenters. The number of nitrogens with two attached hydrogens (primary N) is 1. The van der Waals surface area contributed by atoms with Gasteiger partial charge >= 0.3 is 0 Å². The van der Waals surface area contributed by atoms with Crippen molar-refractivity contribution in [3.05, 3.63) is 59.7 Å². The minimum Gasteiger partial charge on any atom is -0.454 e. The van der Waals surface area contributed by atoms with Gasteiger partial charge in [0.25, 0.3) is 5.95 Å². The topological polar surface area (TPSA) is 154 Å². The fourth-order valence-electron chi connectivity index (χ4n) is 3.10. The predicted molar refractivity (Wildman–Crippen MR) is 144 cm³/mol. The van der Waals surface area contributed by atoms with Crippen molar-refractivity contribution in [2.45, 2.75) is 22.2 Å². The lowest BCUT2D eigenvalue weighted by Crippen LogP contribution is -2.17. The molecule has 4 aromatic rings. The summed E-state index contributed by atoms with van der Waals surface area (Å²) in [6.07, 6.45) is 0. The highest BCUT2D eigenvalue weighted by atomic mass is 32.2. The van der Waals surface area contributed by atoms with Gasteiger partial charge in [0.2, 0.25) is 23.0 Å². The molecule has 0 aliphatic carbocycles. The lowest BCUT2D eigenvalue weighted by atomic mass is 10.1. The normalized spacial score (nSPS) is 12.5. The van der Waals surface area contributed by atoms with Crippen molar-refractivity contribution in [1.29, 1.82) is 0 Å². The molecule has 0 spiro atoms. The number of hydrogen-bond donors (Lipinski definition) is 3. The Morgan fingerprint density at radius 3 is 2.81 bits per heavy atom. The Morgan fingerprint density at radius 1 is 1.11 bits per heavy atom. The fourth-order valence-corrected chi connectivity index (χ4v) is 5.48. The molecule has 15 heteroatoms. The monoisotopic (exact) mass is 555 g/mol. The molecule has 2 aromatic heterocycles. The van der Waals surface area contributed by atoms with Gasteiger partial charge in [-0.05, 0) is 30.7 Å². The van der Waals surface area contributed by atoms with Crippen LogP contribution in [0.5, 0.6) is 11.5 Å². The van der Waals surface area contributed by atoms with E-state index in [0.717, 1.165) is 27.4 Å². The van der Waals surface area contributed by atoms with Crippen molar-refractivity contribution in [2.75, 3.05) is 29.1 Å². The molecule has 0 fully saturated rings. The largest absolute Gasteiger partial charge is 0.454 e. The first-order chi connectivity index (χ1) is 18.0. The third kappa shape index (κ3) is 6.31.